The summed E-state index contributed by atoms with van der Waals surface area (Å²) in [5.41, 5.74) is 1.36. The molecule has 0 aromatic carbocycles. The monoisotopic (exact) mass is 342 g/mol. The van der Waals surface area contributed by atoms with E-state index >= 15 is 0 Å². The molecule has 1 saturated heterocycles. The van der Waals surface area contributed by atoms with Gasteiger partial charge in [0.2, 0.25) is 10.0 Å². The molecule has 0 spiro atoms. The van der Waals surface area contributed by atoms with Crippen LogP contribution in [0.15, 0.2) is 15.5 Å². The maximum atomic E-state index is 13.0. The predicted octanol–water partition coefficient (Wildman–Crippen LogP) is 2.35. The van der Waals surface area contributed by atoms with Gasteiger partial charge in [0.25, 0.3) is 0 Å². The van der Waals surface area contributed by atoms with Crippen LogP contribution >= 0.6 is 11.3 Å². The molecule has 0 bridgehead atoms. The second-order valence-electron chi connectivity index (χ2n) is 5.27. The summed E-state index contributed by atoms with van der Waals surface area (Å²) in [4.78, 5) is 2.03. The Morgan fingerprint density at radius 1 is 1.18 bits per heavy atom. The van der Waals surface area contributed by atoms with E-state index in [0.29, 0.717) is 42.5 Å². The van der Waals surface area contributed by atoms with Gasteiger partial charge in [0.15, 0.2) is 5.76 Å². The summed E-state index contributed by atoms with van der Waals surface area (Å²) in [6.07, 6.45) is 0. The minimum atomic E-state index is -3.57. The Bertz CT molecular complexity index is 786. The van der Waals surface area contributed by atoms with E-state index < -0.39 is 10.0 Å². The van der Waals surface area contributed by atoms with Gasteiger partial charge in [0, 0.05) is 28.9 Å². The summed E-state index contributed by atoms with van der Waals surface area (Å²) >= 11 is 1.47. The van der Waals surface area contributed by atoms with Crippen molar-refractivity contribution in [1.82, 2.24) is 9.46 Å². The highest BCUT2D eigenvalue weighted by Crippen LogP contribution is 2.40. The molecule has 2 aromatic rings. The Kier molecular flexibility index (Phi) is 4.11. The smallest absolute Gasteiger partial charge is 0.245 e. The molecule has 8 heteroatoms. The van der Waals surface area contributed by atoms with Crippen molar-refractivity contribution < 1.29 is 17.7 Å². The molecule has 0 aliphatic carbocycles. The minimum absolute atomic E-state index is 0.341. The normalized spacial score (nSPS) is 17.0. The minimum Gasteiger partial charge on any atom is -0.379 e. The fourth-order valence-corrected chi connectivity index (χ4v) is 5.88. The van der Waals surface area contributed by atoms with E-state index in [1.807, 2.05) is 20.8 Å². The van der Waals surface area contributed by atoms with Crippen LogP contribution in [0.4, 0.5) is 0 Å². The summed E-state index contributed by atoms with van der Waals surface area (Å²) < 4.78 is 38.1. The molecule has 120 valence electrons. The Hall–Kier alpha value is -1.22. The molecule has 6 nitrogen and oxygen atoms in total. The van der Waals surface area contributed by atoms with E-state index in [1.165, 1.54) is 15.6 Å². The molecule has 0 saturated carbocycles. The van der Waals surface area contributed by atoms with E-state index in [-0.39, 0.29) is 0 Å². The number of hydrogen-bond acceptors (Lipinski definition) is 6. The second-order valence-corrected chi connectivity index (χ2v) is 8.57. The number of ether oxygens (including phenoxy) is 1. The number of rotatable bonds is 3. The Labute approximate surface area is 133 Å². The van der Waals surface area contributed by atoms with Gasteiger partial charge in [-0.25, -0.2) is 8.42 Å². The average Bonchev–Trinajstić information content (AvgIpc) is 3.03. The summed E-state index contributed by atoms with van der Waals surface area (Å²) in [6.45, 7) is 7.17. The van der Waals surface area contributed by atoms with Gasteiger partial charge in [-0.05, 0) is 20.8 Å². The molecule has 3 heterocycles. The van der Waals surface area contributed by atoms with Crippen LogP contribution in [-0.4, -0.2) is 44.2 Å². The van der Waals surface area contributed by atoms with Crippen molar-refractivity contribution in [1.29, 1.82) is 0 Å². The summed E-state index contributed by atoms with van der Waals surface area (Å²) in [5.74, 6) is 0.506. The lowest BCUT2D eigenvalue weighted by Gasteiger charge is -2.26. The van der Waals surface area contributed by atoms with Gasteiger partial charge in [-0.1, -0.05) is 5.16 Å². The quantitative estimate of drug-likeness (QED) is 0.856. The molecule has 0 unspecified atom stereocenters. The van der Waals surface area contributed by atoms with E-state index in [1.54, 1.807) is 6.07 Å². The van der Waals surface area contributed by atoms with Crippen molar-refractivity contribution >= 4 is 21.4 Å². The van der Waals surface area contributed by atoms with Crippen LogP contribution in [-0.2, 0) is 14.8 Å². The SMILES string of the molecule is Cc1cc(-c2c(C)sc(C)c2S(=O)(=O)N2CCOCC2)on1. The molecule has 1 aliphatic rings. The Morgan fingerprint density at radius 3 is 2.45 bits per heavy atom. The Morgan fingerprint density at radius 2 is 1.86 bits per heavy atom. The molecule has 0 atom stereocenters. The molecular weight excluding hydrogens is 324 g/mol. The first-order valence-corrected chi connectivity index (χ1v) is 9.28. The van der Waals surface area contributed by atoms with E-state index in [9.17, 15) is 8.42 Å². The molecule has 0 radical (unpaired) electrons. The maximum Gasteiger partial charge on any atom is 0.245 e. The van der Waals surface area contributed by atoms with Gasteiger partial charge in [0.1, 0.15) is 4.90 Å². The largest absolute Gasteiger partial charge is 0.379 e. The Balaban J connectivity index is 2.14. The van der Waals surface area contributed by atoms with Crippen LogP contribution in [0, 0.1) is 20.8 Å². The lowest BCUT2D eigenvalue weighted by molar-refractivity contribution is 0.0730. The number of thiophene rings is 1. The molecule has 3 rings (SSSR count). The average molecular weight is 342 g/mol. The molecule has 0 N–H and O–H groups in total. The van der Waals surface area contributed by atoms with Crippen molar-refractivity contribution in [2.45, 2.75) is 25.7 Å². The number of sulfonamides is 1. The summed E-state index contributed by atoms with van der Waals surface area (Å²) in [6, 6.07) is 1.77. The number of morpholine rings is 1. The summed E-state index contributed by atoms with van der Waals surface area (Å²) in [5, 5.41) is 3.88. The first-order chi connectivity index (χ1) is 10.4. The number of aryl methyl sites for hydroxylation is 3. The van der Waals surface area contributed by atoms with Gasteiger partial charge in [-0.15, -0.1) is 11.3 Å². The first-order valence-electron chi connectivity index (χ1n) is 7.03. The highest BCUT2D eigenvalue weighted by atomic mass is 32.2. The van der Waals surface area contributed by atoms with Crippen LogP contribution in [0.3, 0.4) is 0 Å². The van der Waals surface area contributed by atoms with Crippen LogP contribution in [0.2, 0.25) is 0 Å². The van der Waals surface area contributed by atoms with Crippen LogP contribution in [0.25, 0.3) is 11.3 Å². The zero-order chi connectivity index (χ0) is 15.9. The van der Waals surface area contributed by atoms with Gasteiger partial charge < -0.3 is 9.26 Å². The van der Waals surface area contributed by atoms with Crippen molar-refractivity contribution in [3.8, 4) is 11.3 Å². The maximum absolute atomic E-state index is 13.0. The second kappa shape index (κ2) is 5.77. The molecule has 1 fully saturated rings. The zero-order valence-electron chi connectivity index (χ0n) is 12.7. The van der Waals surface area contributed by atoms with E-state index in [4.69, 9.17) is 9.26 Å². The van der Waals surface area contributed by atoms with Crippen molar-refractivity contribution in [3.05, 3.63) is 21.5 Å². The number of nitrogens with zero attached hydrogens (tertiary/aromatic N) is 2. The lowest BCUT2D eigenvalue weighted by atomic mass is 10.2. The van der Waals surface area contributed by atoms with Crippen molar-refractivity contribution in [3.63, 3.8) is 0 Å². The number of hydrogen-bond donors (Lipinski definition) is 0. The predicted molar refractivity (Wildman–Crippen MR) is 83.6 cm³/mol. The summed E-state index contributed by atoms with van der Waals surface area (Å²) in [7, 11) is -3.57. The van der Waals surface area contributed by atoms with Crippen molar-refractivity contribution in [2.24, 2.45) is 0 Å². The van der Waals surface area contributed by atoms with Gasteiger partial charge in [0.05, 0.1) is 24.5 Å². The third kappa shape index (κ3) is 2.60. The zero-order valence-corrected chi connectivity index (χ0v) is 14.4. The van der Waals surface area contributed by atoms with Gasteiger partial charge >= 0.3 is 0 Å². The van der Waals surface area contributed by atoms with Crippen molar-refractivity contribution in [2.75, 3.05) is 26.3 Å². The standard InChI is InChI=1S/C14H18N2O4S2/c1-9-8-12(20-15-9)13-10(2)21-11(3)14(13)22(17,18)16-4-6-19-7-5-16/h8H,4-7H2,1-3H3. The molecule has 1 aliphatic heterocycles. The highest BCUT2D eigenvalue weighted by molar-refractivity contribution is 7.89. The third-order valence-electron chi connectivity index (χ3n) is 3.65. The van der Waals surface area contributed by atoms with Crippen LogP contribution < -0.4 is 0 Å². The highest BCUT2D eigenvalue weighted by Gasteiger charge is 2.33. The third-order valence-corrected chi connectivity index (χ3v) is 6.87. The van der Waals surface area contributed by atoms with Gasteiger partial charge in [-0.2, -0.15) is 4.31 Å². The topological polar surface area (TPSA) is 72.6 Å². The molecule has 22 heavy (non-hydrogen) atoms. The fourth-order valence-electron chi connectivity index (χ4n) is 2.66. The molecular formula is C14H18N2O4S2. The number of aromatic nitrogens is 1. The molecule has 0 amide bonds. The van der Waals surface area contributed by atoms with Gasteiger partial charge in [-0.3, -0.25) is 0 Å². The first kappa shape index (κ1) is 15.7. The lowest BCUT2D eigenvalue weighted by Crippen LogP contribution is -2.40. The fraction of sp³-hybridized carbons (Fsp3) is 0.500. The van der Waals surface area contributed by atoms with E-state index in [2.05, 4.69) is 5.16 Å². The van der Waals surface area contributed by atoms with Crippen LogP contribution in [0.5, 0.6) is 0 Å². The van der Waals surface area contributed by atoms with E-state index in [0.717, 1.165) is 15.4 Å². The van der Waals surface area contributed by atoms with Crippen LogP contribution in [0.1, 0.15) is 15.4 Å². The molecule has 2 aromatic heterocycles.